The van der Waals surface area contributed by atoms with E-state index in [-0.39, 0.29) is 17.1 Å². The molecule has 2 aromatic rings. The highest BCUT2D eigenvalue weighted by Crippen LogP contribution is 2.28. The van der Waals surface area contributed by atoms with Gasteiger partial charge in [0.1, 0.15) is 11.4 Å². The van der Waals surface area contributed by atoms with Crippen LogP contribution in [0, 0.1) is 0 Å². The maximum Gasteiger partial charge on any atom is 0.494 e. The fourth-order valence-electron chi connectivity index (χ4n) is 1.41. The van der Waals surface area contributed by atoms with E-state index in [4.69, 9.17) is 14.8 Å². The lowest BCUT2D eigenvalue weighted by atomic mass is 9.81. The normalized spacial score (nSPS) is 11.2. The third-order valence-corrected chi connectivity index (χ3v) is 2.32. The van der Waals surface area contributed by atoms with Crippen LogP contribution in [0.25, 0.3) is 0 Å². The molecule has 2 rings (SSSR count). The predicted molar refractivity (Wildman–Crippen MR) is 63.4 cm³/mol. The summed E-state index contributed by atoms with van der Waals surface area (Å²) in [6.45, 7) is 0. The zero-order valence-corrected chi connectivity index (χ0v) is 9.87. The number of ether oxygens (including phenoxy) is 1. The van der Waals surface area contributed by atoms with Gasteiger partial charge in [-0.2, -0.15) is 13.2 Å². The van der Waals surface area contributed by atoms with Crippen molar-refractivity contribution in [2.75, 3.05) is 0 Å². The third kappa shape index (κ3) is 3.25. The molecule has 20 heavy (non-hydrogen) atoms. The molecule has 0 radical (unpaired) electrons. The lowest BCUT2D eigenvalue weighted by Crippen LogP contribution is -2.31. The second kappa shape index (κ2) is 5.47. The molecule has 0 spiro atoms. The Morgan fingerprint density at radius 2 is 1.85 bits per heavy atom. The molecule has 2 N–H and O–H groups in total. The van der Waals surface area contributed by atoms with E-state index < -0.39 is 19.0 Å². The Labute approximate surface area is 111 Å². The Bertz CT molecular complexity index is 590. The summed E-state index contributed by atoms with van der Waals surface area (Å²) in [7, 11) is -1.80. The van der Waals surface area contributed by atoms with Gasteiger partial charge >= 0.3 is 13.3 Å². The van der Waals surface area contributed by atoms with E-state index in [1.165, 1.54) is 18.3 Å². The molecule has 0 aliphatic rings. The average molecular weight is 284 g/mol. The second-order valence-electron chi connectivity index (χ2n) is 3.75. The van der Waals surface area contributed by atoms with Crippen molar-refractivity contribution in [1.82, 2.24) is 9.97 Å². The van der Waals surface area contributed by atoms with Gasteiger partial charge in [-0.1, -0.05) is 6.07 Å². The highest BCUT2D eigenvalue weighted by Gasteiger charge is 2.32. The van der Waals surface area contributed by atoms with Gasteiger partial charge in [0, 0.05) is 11.7 Å². The standard InChI is InChI=1S/C11H8BF3N2O3/c13-11(14,15)9-4-3-7(6-17-9)20-10-8(12(18)19)2-1-5-16-10/h1-6,18-19H. The Morgan fingerprint density at radius 3 is 2.40 bits per heavy atom. The van der Waals surface area contributed by atoms with Gasteiger partial charge in [-0.15, -0.1) is 0 Å². The summed E-state index contributed by atoms with van der Waals surface area (Å²) in [6.07, 6.45) is -2.31. The summed E-state index contributed by atoms with van der Waals surface area (Å²) in [5.74, 6) is -0.123. The van der Waals surface area contributed by atoms with Crippen LogP contribution in [0.5, 0.6) is 11.6 Å². The molecule has 0 aliphatic heterocycles. The number of pyridine rings is 2. The molecule has 2 aromatic heterocycles. The molecule has 0 saturated carbocycles. The minimum absolute atomic E-state index is 0.00130. The van der Waals surface area contributed by atoms with Crippen LogP contribution < -0.4 is 10.2 Å². The molecule has 0 aliphatic carbocycles. The number of rotatable bonds is 3. The highest BCUT2D eigenvalue weighted by molar-refractivity contribution is 6.59. The fourth-order valence-corrected chi connectivity index (χ4v) is 1.41. The SMILES string of the molecule is OB(O)c1cccnc1Oc1ccc(C(F)(F)F)nc1. The summed E-state index contributed by atoms with van der Waals surface area (Å²) in [4.78, 5) is 6.99. The van der Waals surface area contributed by atoms with Crippen molar-refractivity contribution < 1.29 is 28.0 Å². The molecule has 2 heterocycles. The Hall–Kier alpha value is -2.13. The number of nitrogens with zero attached hydrogens (tertiary/aromatic N) is 2. The van der Waals surface area contributed by atoms with Crippen molar-refractivity contribution in [3.8, 4) is 11.6 Å². The van der Waals surface area contributed by atoms with Gasteiger partial charge in [-0.3, -0.25) is 0 Å². The van der Waals surface area contributed by atoms with Crippen molar-refractivity contribution in [3.63, 3.8) is 0 Å². The molecule has 0 amide bonds. The zero-order valence-electron chi connectivity index (χ0n) is 9.87. The molecular formula is C11H8BF3N2O3. The Morgan fingerprint density at radius 1 is 1.10 bits per heavy atom. The third-order valence-electron chi connectivity index (χ3n) is 2.32. The lowest BCUT2D eigenvalue weighted by Gasteiger charge is -2.10. The van der Waals surface area contributed by atoms with E-state index in [0.29, 0.717) is 0 Å². The molecule has 9 heteroatoms. The number of alkyl halides is 3. The van der Waals surface area contributed by atoms with Crippen molar-refractivity contribution >= 4 is 12.6 Å². The van der Waals surface area contributed by atoms with Crippen molar-refractivity contribution in [2.45, 2.75) is 6.18 Å². The summed E-state index contributed by atoms with van der Waals surface area (Å²) < 4.78 is 42.2. The first-order valence-electron chi connectivity index (χ1n) is 5.40. The van der Waals surface area contributed by atoms with Gasteiger partial charge in [0.05, 0.1) is 6.20 Å². The largest absolute Gasteiger partial charge is 0.494 e. The van der Waals surface area contributed by atoms with Crippen molar-refractivity contribution in [1.29, 1.82) is 0 Å². The van der Waals surface area contributed by atoms with Gasteiger partial charge in [-0.05, 0) is 18.2 Å². The first-order chi connectivity index (χ1) is 9.38. The summed E-state index contributed by atoms with van der Waals surface area (Å²) in [5, 5.41) is 18.2. The van der Waals surface area contributed by atoms with Gasteiger partial charge in [0.25, 0.3) is 0 Å². The topological polar surface area (TPSA) is 75.5 Å². The minimum atomic E-state index is -4.53. The fraction of sp³-hybridized carbons (Fsp3) is 0.0909. The first-order valence-corrected chi connectivity index (χ1v) is 5.40. The summed E-state index contributed by atoms with van der Waals surface area (Å²) in [6, 6.07) is 4.66. The van der Waals surface area contributed by atoms with Gasteiger partial charge in [-0.25, -0.2) is 9.97 Å². The second-order valence-corrected chi connectivity index (χ2v) is 3.75. The van der Waals surface area contributed by atoms with Crippen molar-refractivity contribution in [3.05, 3.63) is 42.4 Å². The van der Waals surface area contributed by atoms with E-state index in [1.54, 1.807) is 0 Å². The van der Waals surface area contributed by atoms with Crippen molar-refractivity contribution in [2.24, 2.45) is 0 Å². The summed E-state index contributed by atoms with van der Waals surface area (Å²) in [5.41, 5.74) is -1.05. The van der Waals surface area contributed by atoms with E-state index in [9.17, 15) is 13.2 Å². The van der Waals surface area contributed by atoms with Gasteiger partial charge in [0.15, 0.2) is 0 Å². The van der Waals surface area contributed by atoms with Gasteiger partial charge in [0.2, 0.25) is 5.88 Å². The minimum Gasteiger partial charge on any atom is -0.438 e. The number of hydrogen-bond acceptors (Lipinski definition) is 5. The highest BCUT2D eigenvalue weighted by atomic mass is 19.4. The monoisotopic (exact) mass is 284 g/mol. The molecule has 0 atom stereocenters. The van der Waals surface area contributed by atoms with Crippen LogP contribution in [-0.2, 0) is 6.18 Å². The maximum atomic E-state index is 12.3. The smallest absolute Gasteiger partial charge is 0.438 e. The summed E-state index contributed by atoms with van der Waals surface area (Å²) >= 11 is 0. The average Bonchev–Trinajstić information content (AvgIpc) is 2.38. The maximum absolute atomic E-state index is 12.3. The Balaban J connectivity index is 2.23. The molecule has 0 saturated heterocycles. The van der Waals surface area contributed by atoms with Crippen LogP contribution in [-0.4, -0.2) is 27.1 Å². The number of aromatic nitrogens is 2. The van der Waals surface area contributed by atoms with E-state index >= 15 is 0 Å². The first kappa shape index (κ1) is 14.3. The van der Waals surface area contributed by atoms with Crippen LogP contribution >= 0.6 is 0 Å². The van der Waals surface area contributed by atoms with E-state index in [1.807, 2.05) is 0 Å². The molecular weight excluding hydrogens is 276 g/mol. The Kier molecular flexibility index (Phi) is 3.91. The molecule has 104 valence electrons. The molecule has 0 aromatic carbocycles. The van der Waals surface area contributed by atoms with Crippen LogP contribution in [0.3, 0.4) is 0 Å². The van der Waals surface area contributed by atoms with Crippen LogP contribution in [0.4, 0.5) is 13.2 Å². The van der Waals surface area contributed by atoms with Crippen LogP contribution in [0.15, 0.2) is 36.7 Å². The number of halogens is 3. The van der Waals surface area contributed by atoms with Crippen LogP contribution in [0.1, 0.15) is 5.69 Å². The molecule has 0 fully saturated rings. The van der Waals surface area contributed by atoms with E-state index in [2.05, 4.69) is 9.97 Å². The molecule has 0 unspecified atom stereocenters. The van der Waals surface area contributed by atoms with Gasteiger partial charge < -0.3 is 14.8 Å². The quantitative estimate of drug-likeness (QED) is 0.821. The lowest BCUT2D eigenvalue weighted by molar-refractivity contribution is -0.141. The molecule has 5 nitrogen and oxygen atoms in total. The van der Waals surface area contributed by atoms with Crippen LogP contribution in [0.2, 0.25) is 0 Å². The molecule has 0 bridgehead atoms. The number of hydrogen-bond donors (Lipinski definition) is 2. The zero-order chi connectivity index (χ0) is 14.8. The predicted octanol–water partition coefficient (Wildman–Crippen LogP) is 0.967. The van der Waals surface area contributed by atoms with E-state index in [0.717, 1.165) is 18.3 Å².